The average molecular weight is 295 g/mol. The van der Waals surface area contributed by atoms with Crippen LogP contribution in [-0.4, -0.2) is 10.9 Å². The number of carbonyl (C=O) groups excluding carboxylic acids is 1. The average Bonchev–Trinajstić information content (AvgIpc) is 2.69. The molecule has 0 radical (unpaired) electrons. The lowest BCUT2D eigenvalue weighted by Crippen LogP contribution is -2.24. The standard InChI is InChI=1S/C14H15ClN2OS/c1-9-10(2)19-14(17-9)8-16-13(18)7-11-5-3-4-6-12(11)15/h3-6H,7-8H2,1-2H3,(H,16,18). The number of thiazole rings is 1. The van der Waals surface area contributed by atoms with Crippen molar-refractivity contribution in [1.82, 2.24) is 10.3 Å². The monoisotopic (exact) mass is 294 g/mol. The van der Waals surface area contributed by atoms with E-state index in [0.717, 1.165) is 16.3 Å². The number of benzene rings is 1. The number of nitrogens with zero attached hydrogens (tertiary/aromatic N) is 1. The van der Waals surface area contributed by atoms with Crippen LogP contribution in [0.25, 0.3) is 0 Å². The first-order valence-corrected chi connectivity index (χ1v) is 7.18. The molecule has 100 valence electrons. The maximum Gasteiger partial charge on any atom is 0.224 e. The van der Waals surface area contributed by atoms with E-state index in [9.17, 15) is 4.79 Å². The van der Waals surface area contributed by atoms with E-state index in [0.29, 0.717) is 18.0 Å². The van der Waals surface area contributed by atoms with Gasteiger partial charge in [0.05, 0.1) is 18.7 Å². The summed E-state index contributed by atoms with van der Waals surface area (Å²) < 4.78 is 0. The van der Waals surface area contributed by atoms with Crippen molar-refractivity contribution in [2.45, 2.75) is 26.8 Å². The molecule has 3 nitrogen and oxygen atoms in total. The minimum Gasteiger partial charge on any atom is -0.349 e. The van der Waals surface area contributed by atoms with Crippen molar-refractivity contribution in [2.75, 3.05) is 0 Å². The lowest BCUT2D eigenvalue weighted by molar-refractivity contribution is -0.120. The lowest BCUT2D eigenvalue weighted by Gasteiger charge is -2.04. The Morgan fingerprint density at radius 1 is 1.37 bits per heavy atom. The molecule has 5 heteroatoms. The van der Waals surface area contributed by atoms with E-state index in [-0.39, 0.29) is 5.91 Å². The van der Waals surface area contributed by atoms with Gasteiger partial charge in [0.1, 0.15) is 5.01 Å². The number of rotatable bonds is 4. The van der Waals surface area contributed by atoms with Crippen molar-refractivity contribution in [2.24, 2.45) is 0 Å². The van der Waals surface area contributed by atoms with Crippen molar-refractivity contribution in [3.63, 3.8) is 0 Å². The zero-order chi connectivity index (χ0) is 13.8. The molecule has 2 rings (SSSR count). The van der Waals surface area contributed by atoms with E-state index in [2.05, 4.69) is 10.3 Å². The Balaban J connectivity index is 1.90. The van der Waals surface area contributed by atoms with E-state index in [1.54, 1.807) is 17.4 Å². The van der Waals surface area contributed by atoms with Crippen LogP contribution in [0.2, 0.25) is 5.02 Å². The number of aryl methyl sites for hydroxylation is 2. The van der Waals surface area contributed by atoms with Gasteiger partial charge in [0.2, 0.25) is 5.91 Å². The van der Waals surface area contributed by atoms with Crippen LogP contribution in [0.5, 0.6) is 0 Å². The topological polar surface area (TPSA) is 42.0 Å². The highest BCUT2D eigenvalue weighted by atomic mass is 35.5. The number of aromatic nitrogens is 1. The van der Waals surface area contributed by atoms with E-state index in [1.807, 2.05) is 32.0 Å². The predicted molar refractivity (Wildman–Crippen MR) is 78.6 cm³/mol. The highest BCUT2D eigenvalue weighted by molar-refractivity contribution is 7.11. The van der Waals surface area contributed by atoms with Crippen LogP contribution in [0.3, 0.4) is 0 Å². The van der Waals surface area contributed by atoms with Crippen molar-refractivity contribution < 1.29 is 4.79 Å². The molecule has 0 fully saturated rings. The minimum absolute atomic E-state index is 0.0430. The number of halogens is 1. The summed E-state index contributed by atoms with van der Waals surface area (Å²) in [6.07, 6.45) is 0.295. The molecule has 0 spiro atoms. The third kappa shape index (κ3) is 3.78. The number of hydrogen-bond donors (Lipinski definition) is 1. The van der Waals surface area contributed by atoms with Gasteiger partial charge in [0.25, 0.3) is 0 Å². The van der Waals surface area contributed by atoms with Gasteiger partial charge in [0, 0.05) is 9.90 Å². The summed E-state index contributed by atoms with van der Waals surface area (Å²) in [5.41, 5.74) is 1.87. The Labute approximate surface area is 121 Å². The highest BCUT2D eigenvalue weighted by Crippen LogP contribution is 2.17. The fourth-order valence-electron chi connectivity index (χ4n) is 1.67. The molecule has 0 saturated heterocycles. The molecule has 0 unspecified atom stereocenters. The van der Waals surface area contributed by atoms with Crippen LogP contribution in [-0.2, 0) is 17.8 Å². The first-order valence-electron chi connectivity index (χ1n) is 5.99. The molecular formula is C14H15ClN2OS. The van der Waals surface area contributed by atoms with Crippen molar-refractivity contribution in [1.29, 1.82) is 0 Å². The smallest absolute Gasteiger partial charge is 0.224 e. The molecule has 0 aliphatic heterocycles. The highest BCUT2D eigenvalue weighted by Gasteiger charge is 2.08. The number of nitrogens with one attached hydrogen (secondary N) is 1. The summed E-state index contributed by atoms with van der Waals surface area (Å²) in [4.78, 5) is 17.4. The van der Waals surface area contributed by atoms with Gasteiger partial charge < -0.3 is 5.32 Å². The molecule has 0 atom stereocenters. The Bertz CT molecular complexity index is 575. The largest absolute Gasteiger partial charge is 0.349 e. The van der Waals surface area contributed by atoms with Crippen LogP contribution in [0.4, 0.5) is 0 Å². The number of carbonyl (C=O) groups is 1. The van der Waals surface area contributed by atoms with Gasteiger partial charge in [-0.25, -0.2) is 4.98 Å². The minimum atomic E-state index is -0.0430. The van der Waals surface area contributed by atoms with E-state index < -0.39 is 0 Å². The molecule has 1 heterocycles. The van der Waals surface area contributed by atoms with Crippen LogP contribution in [0.15, 0.2) is 24.3 Å². The summed E-state index contributed by atoms with van der Waals surface area (Å²) in [7, 11) is 0. The fraction of sp³-hybridized carbons (Fsp3) is 0.286. The van der Waals surface area contributed by atoms with Crippen LogP contribution < -0.4 is 5.32 Å². The van der Waals surface area contributed by atoms with Crippen LogP contribution in [0, 0.1) is 13.8 Å². The molecule has 19 heavy (non-hydrogen) atoms. The maximum atomic E-state index is 11.8. The Morgan fingerprint density at radius 3 is 2.74 bits per heavy atom. The van der Waals surface area contributed by atoms with Crippen molar-refractivity contribution in [3.8, 4) is 0 Å². The molecule has 1 N–H and O–H groups in total. The molecule has 0 aliphatic rings. The number of amides is 1. The molecular weight excluding hydrogens is 280 g/mol. The summed E-state index contributed by atoms with van der Waals surface area (Å²) >= 11 is 7.63. The number of hydrogen-bond acceptors (Lipinski definition) is 3. The third-order valence-electron chi connectivity index (χ3n) is 2.82. The van der Waals surface area contributed by atoms with Crippen molar-refractivity contribution >= 4 is 28.8 Å². The summed E-state index contributed by atoms with van der Waals surface area (Å²) in [5.74, 6) is -0.0430. The quantitative estimate of drug-likeness (QED) is 0.940. The molecule has 0 aliphatic carbocycles. The summed E-state index contributed by atoms with van der Waals surface area (Å²) in [5, 5.41) is 4.42. The maximum absolute atomic E-state index is 11.8. The summed E-state index contributed by atoms with van der Waals surface area (Å²) in [6, 6.07) is 7.38. The van der Waals surface area contributed by atoms with E-state index >= 15 is 0 Å². The Kier molecular flexibility index (Phi) is 4.56. The van der Waals surface area contributed by atoms with Gasteiger partial charge in [-0.1, -0.05) is 29.8 Å². The van der Waals surface area contributed by atoms with Crippen LogP contribution >= 0.6 is 22.9 Å². The van der Waals surface area contributed by atoms with Gasteiger partial charge in [0.15, 0.2) is 0 Å². The fourth-order valence-corrected chi connectivity index (χ4v) is 2.74. The van der Waals surface area contributed by atoms with Gasteiger partial charge in [-0.2, -0.15) is 0 Å². The first-order chi connectivity index (χ1) is 9.06. The lowest BCUT2D eigenvalue weighted by atomic mass is 10.1. The van der Waals surface area contributed by atoms with Crippen molar-refractivity contribution in [3.05, 3.63) is 50.4 Å². The molecule has 1 amide bonds. The Hall–Kier alpha value is -1.39. The van der Waals surface area contributed by atoms with E-state index in [1.165, 1.54) is 4.88 Å². The zero-order valence-electron chi connectivity index (χ0n) is 10.9. The first kappa shape index (κ1) is 14.0. The second kappa shape index (κ2) is 6.17. The van der Waals surface area contributed by atoms with Gasteiger partial charge >= 0.3 is 0 Å². The molecule has 1 aromatic heterocycles. The normalized spacial score (nSPS) is 10.5. The Morgan fingerprint density at radius 2 is 2.11 bits per heavy atom. The van der Waals surface area contributed by atoms with Gasteiger partial charge in [-0.3, -0.25) is 4.79 Å². The molecule has 0 saturated carbocycles. The van der Waals surface area contributed by atoms with E-state index in [4.69, 9.17) is 11.6 Å². The SMILES string of the molecule is Cc1nc(CNC(=O)Cc2ccccc2Cl)sc1C. The predicted octanol–water partition coefficient (Wildman–Crippen LogP) is 3.27. The molecule has 0 bridgehead atoms. The third-order valence-corrected chi connectivity index (χ3v) is 4.26. The second-order valence-electron chi connectivity index (χ2n) is 4.29. The summed E-state index contributed by atoms with van der Waals surface area (Å²) in [6.45, 7) is 4.48. The van der Waals surface area contributed by atoms with Gasteiger partial charge in [-0.05, 0) is 25.5 Å². The zero-order valence-corrected chi connectivity index (χ0v) is 12.4. The van der Waals surface area contributed by atoms with Gasteiger partial charge in [-0.15, -0.1) is 11.3 Å². The molecule has 2 aromatic rings. The van der Waals surface area contributed by atoms with Crippen LogP contribution in [0.1, 0.15) is 21.1 Å². The second-order valence-corrected chi connectivity index (χ2v) is 5.99. The molecule has 1 aromatic carbocycles.